The van der Waals surface area contributed by atoms with E-state index in [0.29, 0.717) is 16.6 Å². The summed E-state index contributed by atoms with van der Waals surface area (Å²) in [5.41, 5.74) is 6.16. The van der Waals surface area contributed by atoms with E-state index in [-0.39, 0.29) is 24.1 Å². The molecule has 1 fully saturated rings. The van der Waals surface area contributed by atoms with Gasteiger partial charge in [0.25, 0.3) is 0 Å². The van der Waals surface area contributed by atoms with Crippen molar-refractivity contribution in [1.29, 1.82) is 0 Å². The minimum absolute atomic E-state index is 0.0200. The molecule has 2 aromatic heterocycles. The minimum atomic E-state index is -0.409. The van der Waals surface area contributed by atoms with Crippen molar-refractivity contribution in [2.75, 3.05) is 19.5 Å². The summed E-state index contributed by atoms with van der Waals surface area (Å²) in [7, 11) is 1.63. The van der Waals surface area contributed by atoms with Crippen LogP contribution in [0.25, 0.3) is 11.4 Å². The number of methoxy groups -OCH3 is 1. The number of nitrogens with zero attached hydrogens (tertiary/aromatic N) is 3. The largest absolute Gasteiger partial charge is 0.497 e. The van der Waals surface area contributed by atoms with Crippen LogP contribution in [0, 0.1) is 0 Å². The van der Waals surface area contributed by atoms with E-state index in [4.69, 9.17) is 15.2 Å². The molecular formula is C22H24N4O4S2. The second-order valence-corrected chi connectivity index (χ2v) is 9.51. The highest BCUT2D eigenvalue weighted by Gasteiger charge is 2.22. The van der Waals surface area contributed by atoms with Crippen LogP contribution < -0.4 is 10.5 Å². The Morgan fingerprint density at radius 2 is 2.06 bits per heavy atom. The number of aromatic nitrogens is 3. The number of hydrogen-bond donors (Lipinski definition) is 1. The van der Waals surface area contributed by atoms with Gasteiger partial charge in [0, 0.05) is 17.0 Å². The van der Waals surface area contributed by atoms with Gasteiger partial charge in [0.05, 0.1) is 36.8 Å². The molecule has 1 saturated heterocycles. The molecule has 10 heteroatoms. The molecule has 0 bridgehead atoms. The van der Waals surface area contributed by atoms with Gasteiger partial charge in [-0.2, -0.15) is 0 Å². The lowest BCUT2D eigenvalue weighted by atomic mass is 10.2. The number of thiophene rings is 1. The predicted octanol–water partition coefficient (Wildman–Crippen LogP) is 3.20. The Balaban J connectivity index is 1.51. The van der Waals surface area contributed by atoms with E-state index >= 15 is 0 Å². The number of primary amides is 1. The molecule has 8 nitrogen and oxygen atoms in total. The highest BCUT2D eigenvalue weighted by molar-refractivity contribution is 7.99. The zero-order chi connectivity index (χ0) is 22.5. The van der Waals surface area contributed by atoms with Gasteiger partial charge < -0.3 is 15.2 Å². The SMILES string of the molecule is COc1ccc(-c2nnc(SCC(=O)c3ccc(CC(N)=O)s3)n2C[C@H]2CCCO2)cc1. The standard InChI is InChI=1S/C22H24N4O4S2/c1-29-15-6-4-14(5-7-15)21-24-25-22(26(21)12-16-3-2-10-30-16)31-13-18(27)19-9-8-17(32-19)11-20(23)28/h4-9,16H,2-3,10-13H2,1H3,(H2,23,28)/t16-/m1/s1. The van der Waals surface area contributed by atoms with Crippen molar-refractivity contribution >= 4 is 34.8 Å². The molecule has 1 aliphatic heterocycles. The van der Waals surface area contributed by atoms with Crippen molar-refractivity contribution in [1.82, 2.24) is 14.8 Å². The summed E-state index contributed by atoms with van der Waals surface area (Å²) in [6, 6.07) is 11.2. The molecule has 0 spiro atoms. The van der Waals surface area contributed by atoms with Crippen LogP contribution in [0.2, 0.25) is 0 Å². The van der Waals surface area contributed by atoms with Gasteiger partial charge in [0.2, 0.25) is 5.91 Å². The average Bonchev–Trinajstić information content (AvgIpc) is 3.54. The lowest BCUT2D eigenvalue weighted by Gasteiger charge is -2.14. The van der Waals surface area contributed by atoms with Gasteiger partial charge in [0.15, 0.2) is 16.8 Å². The third kappa shape index (κ3) is 5.37. The van der Waals surface area contributed by atoms with E-state index in [0.717, 1.165) is 41.5 Å². The number of carbonyl (C=O) groups is 2. The van der Waals surface area contributed by atoms with Crippen LogP contribution in [0.15, 0.2) is 41.6 Å². The van der Waals surface area contributed by atoms with Gasteiger partial charge in [-0.15, -0.1) is 21.5 Å². The quantitative estimate of drug-likeness (QED) is 0.356. The number of carbonyl (C=O) groups excluding carboxylic acids is 2. The Labute approximate surface area is 194 Å². The Morgan fingerprint density at radius 1 is 1.25 bits per heavy atom. The van der Waals surface area contributed by atoms with Crippen LogP contribution >= 0.6 is 23.1 Å². The molecule has 2 N–H and O–H groups in total. The molecule has 1 atom stereocenters. The second-order valence-electron chi connectivity index (χ2n) is 7.40. The van der Waals surface area contributed by atoms with Crippen molar-refractivity contribution in [2.45, 2.75) is 37.1 Å². The fourth-order valence-corrected chi connectivity index (χ4v) is 5.38. The molecule has 3 heterocycles. The number of Topliss-reactive ketones (excluding diaryl/α,β-unsaturated/α-hetero) is 1. The maximum atomic E-state index is 12.7. The summed E-state index contributed by atoms with van der Waals surface area (Å²) in [5.74, 6) is 1.30. The highest BCUT2D eigenvalue weighted by atomic mass is 32.2. The van der Waals surface area contributed by atoms with Gasteiger partial charge in [0.1, 0.15) is 5.75 Å². The molecule has 0 saturated carbocycles. The fraction of sp³-hybridized carbons (Fsp3) is 0.364. The number of ether oxygens (including phenoxy) is 2. The number of thioether (sulfide) groups is 1. The first-order valence-electron chi connectivity index (χ1n) is 10.3. The van der Waals surface area contributed by atoms with Gasteiger partial charge >= 0.3 is 0 Å². The molecule has 0 unspecified atom stereocenters. The van der Waals surface area contributed by atoms with Gasteiger partial charge in [-0.1, -0.05) is 11.8 Å². The molecular weight excluding hydrogens is 448 g/mol. The number of ketones is 1. The number of amides is 1. The second kappa shape index (κ2) is 10.3. The molecule has 32 heavy (non-hydrogen) atoms. The molecule has 4 rings (SSSR count). The van der Waals surface area contributed by atoms with Crippen molar-refractivity contribution in [3.05, 3.63) is 46.2 Å². The van der Waals surface area contributed by atoms with Gasteiger partial charge in [-0.05, 0) is 49.2 Å². The minimum Gasteiger partial charge on any atom is -0.497 e. The zero-order valence-electron chi connectivity index (χ0n) is 17.7. The Kier molecular flexibility index (Phi) is 7.23. The first-order chi connectivity index (χ1) is 15.5. The van der Waals surface area contributed by atoms with E-state index in [1.807, 2.05) is 28.8 Å². The molecule has 1 amide bonds. The molecule has 3 aromatic rings. The Hall–Kier alpha value is -2.69. The van der Waals surface area contributed by atoms with Crippen LogP contribution in [0.3, 0.4) is 0 Å². The molecule has 1 aromatic carbocycles. The van der Waals surface area contributed by atoms with E-state index in [2.05, 4.69) is 10.2 Å². The first-order valence-corrected chi connectivity index (χ1v) is 12.1. The lowest BCUT2D eigenvalue weighted by Crippen LogP contribution is -2.17. The number of rotatable bonds is 10. The van der Waals surface area contributed by atoms with Gasteiger partial charge in [-0.25, -0.2) is 0 Å². The molecule has 0 aliphatic carbocycles. The van der Waals surface area contributed by atoms with Crippen molar-refractivity contribution in [2.24, 2.45) is 5.73 Å². The molecule has 168 valence electrons. The first kappa shape index (κ1) is 22.5. The average molecular weight is 473 g/mol. The van der Waals surface area contributed by atoms with Gasteiger partial charge in [-0.3, -0.25) is 14.2 Å². The number of hydrogen-bond acceptors (Lipinski definition) is 8. The summed E-state index contributed by atoms with van der Waals surface area (Å²) in [5, 5.41) is 9.45. The van der Waals surface area contributed by atoms with Crippen molar-refractivity contribution in [3.8, 4) is 17.1 Å². The maximum absolute atomic E-state index is 12.7. The summed E-state index contributed by atoms with van der Waals surface area (Å²) >= 11 is 2.66. The third-order valence-electron chi connectivity index (χ3n) is 5.09. The Bertz CT molecular complexity index is 1090. The monoisotopic (exact) mass is 472 g/mol. The number of benzene rings is 1. The topological polar surface area (TPSA) is 109 Å². The zero-order valence-corrected chi connectivity index (χ0v) is 19.3. The smallest absolute Gasteiger partial charge is 0.222 e. The van der Waals surface area contributed by atoms with Crippen LogP contribution in [0.4, 0.5) is 0 Å². The van der Waals surface area contributed by atoms with Crippen LogP contribution in [0.5, 0.6) is 5.75 Å². The van der Waals surface area contributed by atoms with E-state index in [1.165, 1.54) is 23.1 Å². The fourth-order valence-electron chi connectivity index (χ4n) is 3.50. The third-order valence-corrected chi connectivity index (χ3v) is 7.19. The van der Waals surface area contributed by atoms with Crippen molar-refractivity contribution in [3.63, 3.8) is 0 Å². The maximum Gasteiger partial charge on any atom is 0.222 e. The Morgan fingerprint density at radius 3 is 2.75 bits per heavy atom. The van der Waals surface area contributed by atoms with E-state index in [9.17, 15) is 9.59 Å². The lowest BCUT2D eigenvalue weighted by molar-refractivity contribution is -0.117. The molecule has 0 radical (unpaired) electrons. The van der Waals surface area contributed by atoms with Crippen molar-refractivity contribution < 1.29 is 19.1 Å². The normalized spacial score (nSPS) is 15.7. The van der Waals surface area contributed by atoms with Crippen LogP contribution in [0.1, 0.15) is 27.4 Å². The summed E-state index contributed by atoms with van der Waals surface area (Å²) in [4.78, 5) is 25.2. The van der Waals surface area contributed by atoms with Crippen LogP contribution in [-0.4, -0.2) is 52.0 Å². The summed E-state index contributed by atoms with van der Waals surface area (Å²) in [6.45, 7) is 1.39. The van der Waals surface area contributed by atoms with E-state index < -0.39 is 5.91 Å². The summed E-state index contributed by atoms with van der Waals surface area (Å²) in [6.07, 6.45) is 2.27. The number of nitrogens with two attached hydrogens (primary N) is 1. The van der Waals surface area contributed by atoms with E-state index in [1.54, 1.807) is 19.2 Å². The van der Waals surface area contributed by atoms with Crippen LogP contribution in [-0.2, 0) is 22.5 Å². The summed E-state index contributed by atoms with van der Waals surface area (Å²) < 4.78 is 13.1. The highest BCUT2D eigenvalue weighted by Crippen LogP contribution is 2.29. The molecule has 1 aliphatic rings. The predicted molar refractivity (Wildman–Crippen MR) is 123 cm³/mol.